The van der Waals surface area contributed by atoms with Crippen LogP contribution < -0.4 is 5.32 Å². The second-order valence-corrected chi connectivity index (χ2v) is 4.78. The molecule has 0 fully saturated rings. The Morgan fingerprint density at radius 3 is 2.67 bits per heavy atom. The van der Waals surface area contributed by atoms with Gasteiger partial charge in [0.1, 0.15) is 0 Å². The van der Waals surface area contributed by atoms with Crippen molar-refractivity contribution in [3.63, 3.8) is 0 Å². The molecule has 1 aromatic heterocycles. The minimum atomic E-state index is 0.127. The predicted octanol–water partition coefficient (Wildman–Crippen LogP) is 1.58. The minimum Gasteiger partial charge on any atom is -0.383 e. The Bertz CT molecular complexity index is 341. The summed E-state index contributed by atoms with van der Waals surface area (Å²) in [6.07, 6.45) is 1.12. The summed E-state index contributed by atoms with van der Waals surface area (Å²) in [7, 11) is 1.70. The van der Waals surface area contributed by atoms with Gasteiger partial charge in [0.25, 0.3) is 0 Å². The lowest BCUT2D eigenvalue weighted by molar-refractivity contribution is 0.195. The average molecular weight is 255 g/mol. The summed E-state index contributed by atoms with van der Waals surface area (Å²) in [6, 6.07) is 0.438. The van der Waals surface area contributed by atoms with E-state index in [0.717, 1.165) is 18.8 Å². The van der Waals surface area contributed by atoms with Crippen LogP contribution in [0.25, 0.3) is 0 Å². The molecule has 1 rings (SSSR count). The van der Waals surface area contributed by atoms with Crippen LogP contribution in [0.1, 0.15) is 52.0 Å². The van der Waals surface area contributed by atoms with Crippen LogP contribution in [0, 0.1) is 5.92 Å². The van der Waals surface area contributed by atoms with Crippen molar-refractivity contribution in [2.24, 2.45) is 5.92 Å². The molecule has 1 aromatic rings. The maximum absolute atomic E-state index is 5.02. The monoisotopic (exact) mass is 255 g/mol. The molecule has 6 nitrogen and oxygen atoms in total. The Balaban J connectivity index is 2.69. The molecule has 0 aliphatic heterocycles. The number of nitrogens with zero attached hydrogens (tertiary/aromatic N) is 4. The summed E-state index contributed by atoms with van der Waals surface area (Å²) in [4.78, 5) is 0. The van der Waals surface area contributed by atoms with Crippen molar-refractivity contribution in [2.75, 3.05) is 20.3 Å². The number of rotatable bonds is 8. The molecule has 0 spiro atoms. The maximum Gasteiger partial charge on any atom is 0.168 e. The van der Waals surface area contributed by atoms with Crippen LogP contribution in [0.4, 0.5) is 0 Å². The highest BCUT2D eigenvalue weighted by Gasteiger charge is 2.21. The van der Waals surface area contributed by atoms with Crippen molar-refractivity contribution >= 4 is 0 Å². The third-order valence-electron chi connectivity index (χ3n) is 3.52. The van der Waals surface area contributed by atoms with E-state index in [9.17, 15) is 0 Å². The van der Waals surface area contributed by atoms with Gasteiger partial charge in [-0.15, -0.1) is 5.10 Å². The Kier molecular flexibility index (Phi) is 6.21. The van der Waals surface area contributed by atoms with E-state index in [4.69, 9.17) is 4.74 Å². The van der Waals surface area contributed by atoms with Gasteiger partial charge in [-0.1, -0.05) is 20.3 Å². The normalized spacial score (nSPS) is 16.5. The van der Waals surface area contributed by atoms with Crippen LogP contribution in [-0.4, -0.2) is 40.5 Å². The van der Waals surface area contributed by atoms with Gasteiger partial charge in [0.05, 0.1) is 18.7 Å². The summed E-state index contributed by atoms with van der Waals surface area (Å²) in [6.45, 7) is 10.1. The van der Waals surface area contributed by atoms with Gasteiger partial charge in [0, 0.05) is 13.7 Å². The summed E-state index contributed by atoms with van der Waals surface area (Å²) in [5.74, 6) is 1.44. The number of tetrazole rings is 1. The van der Waals surface area contributed by atoms with Crippen LogP contribution in [-0.2, 0) is 4.74 Å². The number of hydrogen-bond donors (Lipinski definition) is 1. The van der Waals surface area contributed by atoms with Gasteiger partial charge in [0.15, 0.2) is 5.82 Å². The van der Waals surface area contributed by atoms with Gasteiger partial charge < -0.3 is 10.1 Å². The fourth-order valence-electron chi connectivity index (χ4n) is 1.83. The molecule has 0 saturated heterocycles. The Morgan fingerprint density at radius 1 is 1.33 bits per heavy atom. The van der Waals surface area contributed by atoms with E-state index < -0.39 is 0 Å². The first-order chi connectivity index (χ1) is 8.61. The summed E-state index contributed by atoms with van der Waals surface area (Å²) in [5, 5.41) is 15.4. The predicted molar refractivity (Wildman–Crippen MR) is 70.3 cm³/mol. The first-order valence-corrected chi connectivity index (χ1v) is 6.61. The molecule has 0 aliphatic carbocycles. The molecule has 3 atom stereocenters. The molecule has 104 valence electrons. The fraction of sp³-hybridized carbons (Fsp3) is 0.917. The molecule has 18 heavy (non-hydrogen) atoms. The molecule has 0 aromatic carbocycles. The zero-order valence-corrected chi connectivity index (χ0v) is 12.1. The van der Waals surface area contributed by atoms with Gasteiger partial charge >= 0.3 is 0 Å². The van der Waals surface area contributed by atoms with Crippen molar-refractivity contribution in [1.82, 2.24) is 25.5 Å². The van der Waals surface area contributed by atoms with Gasteiger partial charge in [-0.25, -0.2) is 4.68 Å². The number of aromatic nitrogens is 4. The molecule has 0 saturated carbocycles. The van der Waals surface area contributed by atoms with Crippen molar-refractivity contribution in [3.05, 3.63) is 5.82 Å². The lowest BCUT2D eigenvalue weighted by atomic mass is 10.0. The largest absolute Gasteiger partial charge is 0.383 e. The van der Waals surface area contributed by atoms with Gasteiger partial charge in [-0.05, 0) is 30.2 Å². The third kappa shape index (κ3) is 3.74. The summed E-state index contributed by atoms with van der Waals surface area (Å²) in [5.41, 5.74) is 0. The second kappa shape index (κ2) is 7.43. The first-order valence-electron chi connectivity index (χ1n) is 6.61. The second-order valence-electron chi connectivity index (χ2n) is 4.78. The van der Waals surface area contributed by atoms with Crippen LogP contribution >= 0.6 is 0 Å². The van der Waals surface area contributed by atoms with E-state index in [1.807, 2.05) is 4.68 Å². The average Bonchev–Trinajstić information content (AvgIpc) is 2.86. The first kappa shape index (κ1) is 15.0. The highest BCUT2D eigenvalue weighted by molar-refractivity contribution is 4.92. The van der Waals surface area contributed by atoms with Crippen LogP contribution in [0.15, 0.2) is 0 Å². The topological polar surface area (TPSA) is 64.9 Å². The molecule has 0 bridgehead atoms. The van der Waals surface area contributed by atoms with E-state index in [-0.39, 0.29) is 6.04 Å². The molecular weight excluding hydrogens is 230 g/mol. The molecule has 0 amide bonds. The third-order valence-corrected chi connectivity index (χ3v) is 3.52. The Labute approximate surface area is 109 Å². The summed E-state index contributed by atoms with van der Waals surface area (Å²) >= 11 is 0. The Hall–Kier alpha value is -1.01. The number of nitrogens with one attached hydrogen (secondary N) is 1. The van der Waals surface area contributed by atoms with E-state index in [2.05, 4.69) is 48.5 Å². The summed E-state index contributed by atoms with van der Waals surface area (Å²) < 4.78 is 6.95. The highest BCUT2D eigenvalue weighted by Crippen LogP contribution is 2.22. The highest BCUT2D eigenvalue weighted by atomic mass is 16.5. The van der Waals surface area contributed by atoms with E-state index in [1.165, 1.54) is 0 Å². The zero-order valence-electron chi connectivity index (χ0n) is 12.1. The minimum absolute atomic E-state index is 0.127. The maximum atomic E-state index is 5.02. The van der Waals surface area contributed by atoms with Crippen molar-refractivity contribution in [2.45, 2.75) is 46.2 Å². The van der Waals surface area contributed by atoms with Crippen molar-refractivity contribution in [1.29, 1.82) is 0 Å². The number of hydrogen-bond acceptors (Lipinski definition) is 5. The van der Waals surface area contributed by atoms with Gasteiger partial charge in [-0.2, -0.15) is 0 Å². The SMILES string of the molecule is CCC(C)C(C)n1nnnc1C(C)NCCOC. The van der Waals surface area contributed by atoms with E-state index in [0.29, 0.717) is 18.6 Å². The van der Waals surface area contributed by atoms with Crippen LogP contribution in [0.5, 0.6) is 0 Å². The number of methoxy groups -OCH3 is 1. The quantitative estimate of drug-likeness (QED) is 0.714. The smallest absolute Gasteiger partial charge is 0.168 e. The lowest BCUT2D eigenvalue weighted by Gasteiger charge is -2.21. The van der Waals surface area contributed by atoms with Crippen molar-refractivity contribution in [3.8, 4) is 0 Å². The van der Waals surface area contributed by atoms with E-state index in [1.54, 1.807) is 7.11 Å². The van der Waals surface area contributed by atoms with Crippen LogP contribution in [0.2, 0.25) is 0 Å². The fourth-order valence-corrected chi connectivity index (χ4v) is 1.83. The van der Waals surface area contributed by atoms with Gasteiger partial charge in [-0.3, -0.25) is 0 Å². The molecule has 6 heteroatoms. The zero-order chi connectivity index (χ0) is 13.5. The number of ether oxygens (including phenoxy) is 1. The molecule has 0 radical (unpaired) electrons. The molecule has 1 heterocycles. The van der Waals surface area contributed by atoms with E-state index >= 15 is 0 Å². The van der Waals surface area contributed by atoms with Crippen molar-refractivity contribution < 1.29 is 4.74 Å². The lowest BCUT2D eigenvalue weighted by Crippen LogP contribution is -2.27. The molecule has 3 unspecified atom stereocenters. The standard InChI is InChI=1S/C12H25N5O/c1-6-9(2)11(4)17-12(14-15-16-17)10(3)13-7-8-18-5/h9-11,13H,6-8H2,1-5H3. The van der Waals surface area contributed by atoms with Gasteiger partial charge in [0.2, 0.25) is 0 Å². The molecular formula is C12H25N5O. The molecule has 1 N–H and O–H groups in total. The molecule has 0 aliphatic rings. The Morgan fingerprint density at radius 2 is 2.06 bits per heavy atom. The van der Waals surface area contributed by atoms with Crippen LogP contribution in [0.3, 0.4) is 0 Å².